The Hall–Kier alpha value is -2.50. The number of aromatic nitrogens is 2. The molecule has 2 rings (SSSR count). The third-order valence-electron chi connectivity index (χ3n) is 2.10. The average molecular weight is 232 g/mol. The van der Waals surface area contributed by atoms with Crippen LogP contribution >= 0.6 is 0 Å². The van der Waals surface area contributed by atoms with Crippen LogP contribution in [0.4, 0.5) is 15.8 Å². The largest absolute Gasteiger partial charge is 0.396 e. The van der Waals surface area contributed by atoms with E-state index in [2.05, 4.69) is 15.3 Å². The summed E-state index contributed by atoms with van der Waals surface area (Å²) in [5.41, 5.74) is 5.72. The Morgan fingerprint density at radius 3 is 2.82 bits per heavy atom. The number of carbonyl (C=O) groups is 1. The third kappa shape index (κ3) is 2.36. The molecule has 0 aromatic carbocycles. The van der Waals surface area contributed by atoms with Gasteiger partial charge >= 0.3 is 0 Å². The maximum absolute atomic E-state index is 13.1. The van der Waals surface area contributed by atoms with Gasteiger partial charge in [0.05, 0.1) is 29.3 Å². The molecule has 0 saturated heterocycles. The van der Waals surface area contributed by atoms with Crippen molar-refractivity contribution in [2.75, 3.05) is 11.1 Å². The first-order chi connectivity index (χ1) is 8.18. The van der Waals surface area contributed by atoms with Crippen molar-refractivity contribution in [1.29, 1.82) is 0 Å². The molecule has 0 atom stereocenters. The second-order valence-electron chi connectivity index (χ2n) is 3.28. The van der Waals surface area contributed by atoms with Crippen molar-refractivity contribution in [2.45, 2.75) is 0 Å². The lowest BCUT2D eigenvalue weighted by molar-refractivity contribution is 0.102. The van der Waals surface area contributed by atoms with Crippen LogP contribution < -0.4 is 11.1 Å². The van der Waals surface area contributed by atoms with E-state index < -0.39 is 11.7 Å². The predicted molar refractivity (Wildman–Crippen MR) is 60.8 cm³/mol. The van der Waals surface area contributed by atoms with Crippen LogP contribution in [0.1, 0.15) is 10.4 Å². The zero-order valence-electron chi connectivity index (χ0n) is 8.72. The molecule has 6 heteroatoms. The number of anilines is 2. The zero-order valence-corrected chi connectivity index (χ0v) is 8.72. The Morgan fingerprint density at radius 2 is 2.12 bits per heavy atom. The summed E-state index contributed by atoms with van der Waals surface area (Å²) in [6, 6.07) is 3.33. The molecule has 86 valence electrons. The number of nitrogens with two attached hydrogens (primary N) is 1. The fraction of sp³-hybridized carbons (Fsp3) is 0. The minimum atomic E-state index is -0.719. The molecule has 0 aliphatic carbocycles. The second-order valence-corrected chi connectivity index (χ2v) is 3.28. The van der Waals surface area contributed by atoms with Crippen LogP contribution in [0.5, 0.6) is 0 Å². The first-order valence-electron chi connectivity index (χ1n) is 4.79. The fourth-order valence-corrected chi connectivity index (χ4v) is 1.26. The van der Waals surface area contributed by atoms with Gasteiger partial charge < -0.3 is 11.1 Å². The summed E-state index contributed by atoms with van der Waals surface area (Å²) >= 11 is 0. The van der Waals surface area contributed by atoms with Gasteiger partial charge in [-0.15, -0.1) is 0 Å². The Morgan fingerprint density at radius 1 is 1.29 bits per heavy atom. The molecule has 0 bridgehead atoms. The molecule has 0 spiro atoms. The van der Waals surface area contributed by atoms with Gasteiger partial charge in [0, 0.05) is 12.4 Å². The van der Waals surface area contributed by atoms with Gasteiger partial charge in [0.25, 0.3) is 5.91 Å². The lowest BCUT2D eigenvalue weighted by Gasteiger charge is -2.06. The number of carbonyl (C=O) groups excluding carboxylic acids is 1. The SMILES string of the molecule is Nc1c(F)cncc1C(=O)Nc1cccnc1. The van der Waals surface area contributed by atoms with E-state index in [0.29, 0.717) is 5.69 Å². The van der Waals surface area contributed by atoms with Crippen molar-refractivity contribution in [3.8, 4) is 0 Å². The topological polar surface area (TPSA) is 80.9 Å². The maximum Gasteiger partial charge on any atom is 0.259 e. The highest BCUT2D eigenvalue weighted by atomic mass is 19.1. The molecule has 0 saturated carbocycles. The van der Waals surface area contributed by atoms with E-state index in [1.54, 1.807) is 18.3 Å². The molecule has 17 heavy (non-hydrogen) atoms. The molecule has 5 nitrogen and oxygen atoms in total. The van der Waals surface area contributed by atoms with Crippen LogP contribution in [0.25, 0.3) is 0 Å². The number of nitrogens with one attached hydrogen (secondary N) is 1. The normalized spacial score (nSPS) is 9.94. The molecule has 1 amide bonds. The van der Waals surface area contributed by atoms with Crippen molar-refractivity contribution in [3.63, 3.8) is 0 Å². The molecular weight excluding hydrogens is 223 g/mol. The van der Waals surface area contributed by atoms with Gasteiger partial charge in [-0.2, -0.15) is 0 Å². The number of pyridine rings is 2. The molecule has 0 unspecified atom stereocenters. The minimum absolute atomic E-state index is 0.00569. The van der Waals surface area contributed by atoms with Crippen LogP contribution in [-0.4, -0.2) is 15.9 Å². The summed E-state index contributed by atoms with van der Waals surface area (Å²) in [6.07, 6.45) is 5.22. The number of nitrogen functional groups attached to an aromatic ring is 1. The van der Waals surface area contributed by atoms with Gasteiger partial charge in [-0.25, -0.2) is 4.39 Å². The molecular formula is C11H9FN4O. The summed E-state index contributed by atoms with van der Waals surface area (Å²) in [6.45, 7) is 0. The minimum Gasteiger partial charge on any atom is -0.396 e. The van der Waals surface area contributed by atoms with E-state index in [9.17, 15) is 9.18 Å². The summed E-state index contributed by atoms with van der Waals surface area (Å²) in [5.74, 6) is -1.24. The van der Waals surface area contributed by atoms with Crippen LogP contribution in [-0.2, 0) is 0 Å². The highest BCUT2D eigenvalue weighted by Crippen LogP contribution is 2.15. The summed E-state index contributed by atoms with van der Waals surface area (Å²) in [7, 11) is 0. The number of halogens is 1. The molecule has 0 fully saturated rings. The predicted octanol–water partition coefficient (Wildman–Crippen LogP) is 1.45. The Labute approximate surface area is 96.5 Å². The van der Waals surface area contributed by atoms with Crippen molar-refractivity contribution in [3.05, 3.63) is 48.3 Å². The molecule has 3 N–H and O–H groups in total. The van der Waals surface area contributed by atoms with Crippen molar-refractivity contribution in [1.82, 2.24) is 9.97 Å². The lowest BCUT2D eigenvalue weighted by Crippen LogP contribution is -2.15. The lowest BCUT2D eigenvalue weighted by atomic mass is 10.2. The van der Waals surface area contributed by atoms with Crippen LogP contribution in [0.2, 0.25) is 0 Å². The van der Waals surface area contributed by atoms with Gasteiger partial charge in [0.1, 0.15) is 0 Å². The summed E-state index contributed by atoms with van der Waals surface area (Å²) < 4.78 is 13.1. The Kier molecular flexibility index (Phi) is 2.95. The van der Waals surface area contributed by atoms with Gasteiger partial charge in [0.2, 0.25) is 0 Å². The number of nitrogens with zero attached hydrogens (tertiary/aromatic N) is 2. The van der Waals surface area contributed by atoms with Crippen LogP contribution in [0, 0.1) is 5.82 Å². The number of hydrogen-bond acceptors (Lipinski definition) is 4. The monoisotopic (exact) mass is 232 g/mol. The van der Waals surface area contributed by atoms with E-state index in [1.807, 2.05) is 0 Å². The van der Waals surface area contributed by atoms with Crippen molar-refractivity contribution in [2.24, 2.45) is 0 Å². The van der Waals surface area contributed by atoms with Crippen molar-refractivity contribution < 1.29 is 9.18 Å². The van der Waals surface area contributed by atoms with E-state index in [1.165, 1.54) is 12.4 Å². The van der Waals surface area contributed by atoms with Crippen LogP contribution in [0.15, 0.2) is 36.9 Å². The highest BCUT2D eigenvalue weighted by Gasteiger charge is 2.13. The quantitative estimate of drug-likeness (QED) is 0.821. The maximum atomic E-state index is 13.1. The third-order valence-corrected chi connectivity index (χ3v) is 2.10. The first kappa shape index (κ1) is 11.0. The molecule has 2 heterocycles. The molecule has 2 aromatic rings. The average Bonchev–Trinajstić information content (AvgIpc) is 2.34. The molecule has 2 aromatic heterocycles. The number of hydrogen-bond donors (Lipinski definition) is 2. The Balaban J connectivity index is 2.24. The van der Waals surface area contributed by atoms with Crippen molar-refractivity contribution >= 4 is 17.3 Å². The first-order valence-corrected chi connectivity index (χ1v) is 4.79. The van der Waals surface area contributed by atoms with E-state index in [0.717, 1.165) is 6.20 Å². The van der Waals surface area contributed by atoms with Gasteiger partial charge in [-0.1, -0.05) is 0 Å². The summed E-state index contributed by atoms with van der Waals surface area (Å²) in [4.78, 5) is 19.2. The van der Waals surface area contributed by atoms with Gasteiger partial charge in [-0.05, 0) is 12.1 Å². The second kappa shape index (κ2) is 4.56. The number of rotatable bonds is 2. The van der Waals surface area contributed by atoms with E-state index in [4.69, 9.17) is 5.73 Å². The molecule has 0 aliphatic rings. The summed E-state index contributed by atoms with van der Waals surface area (Å²) in [5, 5.41) is 2.54. The van der Waals surface area contributed by atoms with Crippen LogP contribution in [0.3, 0.4) is 0 Å². The van der Waals surface area contributed by atoms with E-state index in [-0.39, 0.29) is 11.3 Å². The Bertz CT molecular complexity index is 544. The smallest absolute Gasteiger partial charge is 0.259 e. The molecule has 0 aliphatic heterocycles. The highest BCUT2D eigenvalue weighted by molar-refractivity contribution is 6.07. The zero-order chi connectivity index (χ0) is 12.3. The van der Waals surface area contributed by atoms with E-state index >= 15 is 0 Å². The van der Waals surface area contributed by atoms with Gasteiger partial charge in [0.15, 0.2) is 5.82 Å². The fourth-order valence-electron chi connectivity index (χ4n) is 1.26. The number of amides is 1. The standard InChI is InChI=1S/C11H9FN4O/c12-9-6-15-5-8(10(9)13)11(17)16-7-2-1-3-14-4-7/h1-6H,(H2,13,15)(H,16,17). The molecule has 0 radical (unpaired) electrons. The van der Waals surface area contributed by atoms with Gasteiger partial charge in [-0.3, -0.25) is 14.8 Å².